The molecule has 1 fully saturated rings. The van der Waals surface area contributed by atoms with E-state index in [0.29, 0.717) is 42.7 Å². The van der Waals surface area contributed by atoms with Crippen molar-refractivity contribution in [2.24, 2.45) is 0 Å². The van der Waals surface area contributed by atoms with Crippen LogP contribution in [0, 0.1) is 0 Å². The summed E-state index contributed by atoms with van der Waals surface area (Å²) < 4.78 is 56.5. The maximum atomic E-state index is 13.6. The molecule has 0 N–H and O–H groups in total. The van der Waals surface area contributed by atoms with Crippen LogP contribution in [0.25, 0.3) is 0 Å². The monoisotopic (exact) mass is 578 g/mol. The second-order valence-corrected chi connectivity index (χ2v) is 18.1. The SMILES string of the molecule is CCCOc1c(OC)cc([C@@H]2CC[C@@H](OC(=O)c3ccccc3)O2)cc1S(=O)(=O)CCO[Si](C)(C)C(C)(C)C. The van der Waals surface area contributed by atoms with Gasteiger partial charge in [0.05, 0.1) is 31.1 Å². The molecule has 3 rings (SSSR count). The highest BCUT2D eigenvalue weighted by Crippen LogP contribution is 2.42. The molecule has 0 saturated carbocycles. The summed E-state index contributed by atoms with van der Waals surface area (Å²) in [5, 5.41) is -0.0321. The molecule has 216 valence electrons. The number of ether oxygens (including phenoxy) is 4. The Hall–Kier alpha value is -2.40. The normalized spacial score (nSPS) is 18.1. The maximum absolute atomic E-state index is 13.6. The van der Waals surface area contributed by atoms with E-state index in [1.807, 2.05) is 13.0 Å². The van der Waals surface area contributed by atoms with Crippen molar-refractivity contribution < 1.29 is 36.6 Å². The fraction of sp³-hybridized carbons (Fsp3) is 0.552. The average Bonchev–Trinajstić information content (AvgIpc) is 3.35. The Morgan fingerprint density at radius 2 is 1.77 bits per heavy atom. The molecule has 0 bridgehead atoms. The molecular formula is C29H42O8SSi. The van der Waals surface area contributed by atoms with Crippen LogP contribution in [-0.2, 0) is 23.7 Å². The van der Waals surface area contributed by atoms with Gasteiger partial charge in [-0.15, -0.1) is 0 Å². The second-order valence-electron chi connectivity index (χ2n) is 11.2. The number of sulfone groups is 1. The van der Waals surface area contributed by atoms with Crippen LogP contribution in [0.3, 0.4) is 0 Å². The summed E-state index contributed by atoms with van der Waals surface area (Å²) in [5.41, 5.74) is 1.06. The molecular weight excluding hydrogens is 536 g/mol. The molecule has 0 aliphatic carbocycles. The number of hydrogen-bond acceptors (Lipinski definition) is 8. The van der Waals surface area contributed by atoms with E-state index in [4.69, 9.17) is 23.4 Å². The van der Waals surface area contributed by atoms with Gasteiger partial charge >= 0.3 is 5.97 Å². The van der Waals surface area contributed by atoms with Gasteiger partial charge in [0.2, 0.25) is 6.29 Å². The quantitative estimate of drug-likeness (QED) is 0.213. The van der Waals surface area contributed by atoms with Crippen LogP contribution in [0.2, 0.25) is 18.1 Å². The highest BCUT2D eigenvalue weighted by atomic mass is 32.2. The number of hydrogen-bond donors (Lipinski definition) is 0. The summed E-state index contributed by atoms with van der Waals surface area (Å²) in [6, 6.07) is 12.1. The molecule has 8 nitrogen and oxygen atoms in total. The zero-order valence-electron chi connectivity index (χ0n) is 24.1. The number of benzene rings is 2. The summed E-state index contributed by atoms with van der Waals surface area (Å²) in [5.74, 6) is -0.136. The molecule has 0 spiro atoms. The first-order chi connectivity index (χ1) is 18.3. The average molecular weight is 579 g/mol. The molecule has 1 aliphatic heterocycles. The van der Waals surface area contributed by atoms with E-state index in [1.54, 1.807) is 36.4 Å². The summed E-state index contributed by atoms with van der Waals surface area (Å²) in [6.07, 6.45) is 0.549. The maximum Gasteiger partial charge on any atom is 0.340 e. The predicted molar refractivity (Wildman–Crippen MR) is 153 cm³/mol. The molecule has 1 heterocycles. The first kappa shape index (κ1) is 31.1. The van der Waals surface area contributed by atoms with Crippen LogP contribution in [0.15, 0.2) is 47.4 Å². The third kappa shape index (κ3) is 7.84. The zero-order valence-corrected chi connectivity index (χ0v) is 25.9. The minimum Gasteiger partial charge on any atom is -0.493 e. The van der Waals surface area contributed by atoms with Gasteiger partial charge in [-0.3, -0.25) is 0 Å². The third-order valence-corrected chi connectivity index (χ3v) is 13.5. The van der Waals surface area contributed by atoms with Crippen molar-refractivity contribution in [1.82, 2.24) is 0 Å². The van der Waals surface area contributed by atoms with Crippen molar-refractivity contribution in [2.75, 3.05) is 26.1 Å². The smallest absolute Gasteiger partial charge is 0.340 e. The Kier molecular flexibility index (Phi) is 10.3. The second kappa shape index (κ2) is 12.8. The molecule has 10 heteroatoms. The fourth-order valence-corrected chi connectivity index (χ4v) is 6.42. The van der Waals surface area contributed by atoms with Crippen LogP contribution in [-0.4, -0.2) is 55.1 Å². The molecule has 39 heavy (non-hydrogen) atoms. The van der Waals surface area contributed by atoms with Gasteiger partial charge in [0.25, 0.3) is 0 Å². The molecule has 0 aromatic heterocycles. The number of rotatable bonds is 12. The molecule has 2 atom stereocenters. The zero-order chi connectivity index (χ0) is 28.8. The Morgan fingerprint density at radius 3 is 2.38 bits per heavy atom. The van der Waals surface area contributed by atoms with E-state index in [-0.39, 0.29) is 28.0 Å². The van der Waals surface area contributed by atoms with Crippen LogP contribution in [0.5, 0.6) is 11.5 Å². The molecule has 1 saturated heterocycles. The summed E-state index contributed by atoms with van der Waals surface area (Å²) in [6.45, 7) is 12.9. The lowest BCUT2D eigenvalue weighted by Crippen LogP contribution is -2.41. The fourth-order valence-electron chi connectivity index (χ4n) is 3.95. The Balaban J connectivity index is 1.84. The van der Waals surface area contributed by atoms with Gasteiger partial charge in [0, 0.05) is 13.0 Å². The number of methoxy groups -OCH3 is 1. The number of carbonyl (C=O) groups excluding carboxylic acids is 1. The largest absolute Gasteiger partial charge is 0.493 e. The highest BCUT2D eigenvalue weighted by Gasteiger charge is 2.38. The van der Waals surface area contributed by atoms with E-state index >= 15 is 0 Å². The minimum absolute atomic E-state index is 0.0321. The van der Waals surface area contributed by atoms with E-state index in [1.165, 1.54) is 7.11 Å². The molecule has 0 radical (unpaired) electrons. The standard InChI is InChI=1S/C29H42O8SSi/c1-8-16-34-27-24(33-5)19-22(20-25(27)38(31,32)18-17-35-39(6,7)29(2,3)4)23-14-15-26(36-23)37-28(30)21-12-10-9-11-13-21/h9-13,19-20,23,26H,8,14-18H2,1-7H3/t23-,26+/m0/s1. The molecule has 1 aliphatic rings. The summed E-state index contributed by atoms with van der Waals surface area (Å²) in [7, 11) is -4.43. The summed E-state index contributed by atoms with van der Waals surface area (Å²) in [4.78, 5) is 12.5. The molecule has 0 unspecified atom stereocenters. The first-order valence-electron chi connectivity index (χ1n) is 13.4. The Bertz CT molecular complexity index is 1220. The molecule has 0 amide bonds. The number of carbonyl (C=O) groups is 1. The third-order valence-electron chi connectivity index (χ3n) is 7.27. The van der Waals surface area contributed by atoms with E-state index in [0.717, 1.165) is 0 Å². The lowest BCUT2D eigenvalue weighted by Gasteiger charge is -2.36. The minimum atomic E-state index is -3.79. The van der Waals surface area contributed by atoms with Crippen molar-refractivity contribution in [3.05, 3.63) is 53.6 Å². The van der Waals surface area contributed by atoms with Gasteiger partial charge in [-0.2, -0.15) is 0 Å². The van der Waals surface area contributed by atoms with Gasteiger partial charge < -0.3 is 23.4 Å². The van der Waals surface area contributed by atoms with Gasteiger partial charge in [0.1, 0.15) is 4.90 Å². The van der Waals surface area contributed by atoms with Crippen molar-refractivity contribution >= 4 is 24.1 Å². The Labute approximate surface area is 234 Å². The lowest BCUT2D eigenvalue weighted by molar-refractivity contribution is -0.103. The highest BCUT2D eigenvalue weighted by molar-refractivity contribution is 7.91. The predicted octanol–water partition coefficient (Wildman–Crippen LogP) is 6.31. The van der Waals surface area contributed by atoms with Gasteiger partial charge in [0.15, 0.2) is 29.7 Å². The van der Waals surface area contributed by atoms with Crippen LogP contribution >= 0.6 is 0 Å². The van der Waals surface area contributed by atoms with Gasteiger partial charge in [-0.05, 0) is 60.8 Å². The first-order valence-corrected chi connectivity index (χ1v) is 18.0. The van der Waals surface area contributed by atoms with Crippen molar-refractivity contribution in [3.8, 4) is 11.5 Å². The van der Waals surface area contributed by atoms with Crippen LogP contribution in [0.4, 0.5) is 0 Å². The van der Waals surface area contributed by atoms with Crippen LogP contribution < -0.4 is 9.47 Å². The lowest BCUT2D eigenvalue weighted by atomic mass is 10.1. The molecule has 2 aromatic carbocycles. The van der Waals surface area contributed by atoms with Crippen molar-refractivity contribution in [1.29, 1.82) is 0 Å². The van der Waals surface area contributed by atoms with E-state index in [9.17, 15) is 13.2 Å². The van der Waals surface area contributed by atoms with E-state index < -0.39 is 36.5 Å². The Morgan fingerprint density at radius 1 is 1.08 bits per heavy atom. The number of esters is 1. The van der Waals surface area contributed by atoms with Gasteiger partial charge in [-0.1, -0.05) is 45.9 Å². The summed E-state index contributed by atoms with van der Waals surface area (Å²) >= 11 is 0. The molecule has 2 aromatic rings. The van der Waals surface area contributed by atoms with Crippen LogP contribution in [0.1, 0.15) is 69.0 Å². The van der Waals surface area contributed by atoms with Crippen molar-refractivity contribution in [3.63, 3.8) is 0 Å². The van der Waals surface area contributed by atoms with E-state index in [2.05, 4.69) is 33.9 Å². The van der Waals surface area contributed by atoms with Crippen molar-refractivity contribution in [2.45, 2.75) is 82.4 Å². The van der Waals surface area contributed by atoms with Gasteiger partial charge in [-0.25, -0.2) is 13.2 Å². The topological polar surface area (TPSA) is 97.4 Å².